The van der Waals surface area contributed by atoms with Gasteiger partial charge in [0.1, 0.15) is 13.2 Å². The van der Waals surface area contributed by atoms with Crippen molar-refractivity contribution in [3.8, 4) is 0 Å². The van der Waals surface area contributed by atoms with Crippen molar-refractivity contribution < 1.29 is 28.6 Å². The van der Waals surface area contributed by atoms with Crippen LogP contribution in [0.1, 0.15) is 381 Å². The van der Waals surface area contributed by atoms with Crippen LogP contribution >= 0.6 is 0 Å². The van der Waals surface area contributed by atoms with Crippen LogP contribution in [-0.2, 0) is 28.6 Å². The van der Waals surface area contributed by atoms with Gasteiger partial charge in [0.25, 0.3) is 0 Å². The zero-order valence-electron chi connectivity index (χ0n) is 50.3. The van der Waals surface area contributed by atoms with Gasteiger partial charge in [-0.3, -0.25) is 14.4 Å². The first-order valence-corrected chi connectivity index (χ1v) is 33.3. The van der Waals surface area contributed by atoms with Crippen molar-refractivity contribution in [3.05, 3.63) is 0 Å². The highest BCUT2D eigenvalue weighted by atomic mass is 16.6. The fourth-order valence-electron chi connectivity index (χ4n) is 10.4. The Morgan fingerprint density at radius 3 is 0.781 bits per heavy atom. The molecule has 434 valence electrons. The molecule has 6 heteroatoms. The van der Waals surface area contributed by atoms with Gasteiger partial charge in [0, 0.05) is 19.3 Å². The van der Waals surface area contributed by atoms with E-state index in [1.165, 1.54) is 270 Å². The summed E-state index contributed by atoms with van der Waals surface area (Å²) < 4.78 is 17.0. The summed E-state index contributed by atoms with van der Waals surface area (Å²) in [6.07, 6.45) is 66.7. The third-order valence-electron chi connectivity index (χ3n) is 15.8. The highest BCUT2D eigenvalue weighted by Gasteiger charge is 2.19. The van der Waals surface area contributed by atoms with Gasteiger partial charge in [-0.1, -0.05) is 343 Å². The number of carbonyl (C=O) groups is 3. The Morgan fingerprint density at radius 1 is 0.288 bits per heavy atom. The standard InChI is InChI=1S/C67H130O6/c1-6-8-9-10-11-12-13-14-15-21-27-32-37-42-47-52-57-65(68)71-60-64(61-72-66(69)58-53-48-43-38-33-28-24-23-25-30-35-40-45-50-55-62(3)4)73-67(70)59-54-49-44-39-34-29-22-19-17-16-18-20-26-31-36-41-46-51-56-63(5)7-2/h62-64H,6-61H2,1-5H3/t63?,64-/m0/s1. The average Bonchev–Trinajstić information content (AvgIpc) is 3.38. The lowest BCUT2D eigenvalue weighted by Gasteiger charge is -2.18. The first kappa shape index (κ1) is 71.4. The molecule has 0 aromatic rings. The lowest BCUT2D eigenvalue weighted by atomic mass is 9.99. The van der Waals surface area contributed by atoms with Crippen LogP contribution in [0.4, 0.5) is 0 Å². The molecule has 0 saturated carbocycles. The van der Waals surface area contributed by atoms with Gasteiger partial charge in [0.15, 0.2) is 6.10 Å². The summed E-state index contributed by atoms with van der Waals surface area (Å²) >= 11 is 0. The van der Waals surface area contributed by atoms with Gasteiger partial charge in [-0.05, 0) is 31.1 Å². The van der Waals surface area contributed by atoms with Crippen molar-refractivity contribution in [2.24, 2.45) is 11.8 Å². The molecule has 0 fully saturated rings. The lowest BCUT2D eigenvalue weighted by Crippen LogP contribution is -2.30. The fraction of sp³-hybridized carbons (Fsp3) is 0.955. The molecule has 1 unspecified atom stereocenters. The molecule has 0 aromatic carbocycles. The Labute approximate surface area is 457 Å². The normalized spacial score (nSPS) is 12.4. The van der Waals surface area contributed by atoms with Gasteiger partial charge in [-0.15, -0.1) is 0 Å². The highest BCUT2D eigenvalue weighted by molar-refractivity contribution is 5.71. The van der Waals surface area contributed by atoms with Crippen LogP contribution < -0.4 is 0 Å². The van der Waals surface area contributed by atoms with Gasteiger partial charge >= 0.3 is 17.9 Å². The number of esters is 3. The minimum Gasteiger partial charge on any atom is -0.462 e. The van der Waals surface area contributed by atoms with E-state index in [4.69, 9.17) is 14.2 Å². The summed E-state index contributed by atoms with van der Waals surface area (Å²) in [6.45, 7) is 11.5. The summed E-state index contributed by atoms with van der Waals surface area (Å²) in [4.78, 5) is 38.4. The molecule has 0 aliphatic heterocycles. The van der Waals surface area contributed by atoms with E-state index in [1.54, 1.807) is 0 Å². The minimum absolute atomic E-state index is 0.0615. The Kier molecular flexibility index (Phi) is 58.4. The first-order chi connectivity index (χ1) is 35.8. The Bertz CT molecular complexity index is 1120. The van der Waals surface area contributed by atoms with E-state index >= 15 is 0 Å². The third kappa shape index (κ3) is 59.5. The number of rotatable bonds is 61. The second kappa shape index (κ2) is 59.7. The van der Waals surface area contributed by atoms with Crippen LogP contribution in [-0.4, -0.2) is 37.2 Å². The molecule has 6 nitrogen and oxygen atoms in total. The molecule has 0 radical (unpaired) electrons. The predicted octanol–water partition coefficient (Wildman–Crippen LogP) is 22.4. The monoisotopic (exact) mass is 1030 g/mol. The summed E-state index contributed by atoms with van der Waals surface area (Å²) in [6, 6.07) is 0. The first-order valence-electron chi connectivity index (χ1n) is 33.3. The molecule has 0 rings (SSSR count). The Hall–Kier alpha value is -1.59. The average molecular weight is 1030 g/mol. The van der Waals surface area contributed by atoms with E-state index < -0.39 is 6.10 Å². The molecule has 0 spiro atoms. The predicted molar refractivity (Wildman–Crippen MR) is 316 cm³/mol. The summed E-state index contributed by atoms with van der Waals surface area (Å²) in [5.41, 5.74) is 0. The molecule has 0 aliphatic rings. The smallest absolute Gasteiger partial charge is 0.306 e. The quantitative estimate of drug-likeness (QED) is 0.0343. The van der Waals surface area contributed by atoms with E-state index in [-0.39, 0.29) is 31.1 Å². The van der Waals surface area contributed by atoms with Crippen LogP contribution in [0.2, 0.25) is 0 Å². The fourth-order valence-corrected chi connectivity index (χ4v) is 10.4. The largest absolute Gasteiger partial charge is 0.462 e. The van der Waals surface area contributed by atoms with Crippen LogP contribution in [0.15, 0.2) is 0 Å². The maximum Gasteiger partial charge on any atom is 0.306 e. The number of carbonyl (C=O) groups excluding carboxylic acids is 3. The van der Waals surface area contributed by atoms with Crippen molar-refractivity contribution in [2.75, 3.05) is 13.2 Å². The van der Waals surface area contributed by atoms with Crippen LogP contribution in [0, 0.1) is 11.8 Å². The zero-order valence-corrected chi connectivity index (χ0v) is 50.3. The third-order valence-corrected chi connectivity index (χ3v) is 15.8. The Balaban J connectivity index is 4.27. The van der Waals surface area contributed by atoms with Crippen molar-refractivity contribution in [1.82, 2.24) is 0 Å². The van der Waals surface area contributed by atoms with E-state index in [1.807, 2.05) is 0 Å². The van der Waals surface area contributed by atoms with E-state index in [0.717, 1.165) is 69.6 Å². The molecule has 0 bridgehead atoms. The summed E-state index contributed by atoms with van der Waals surface area (Å²) in [5.74, 6) is 0.926. The van der Waals surface area contributed by atoms with Crippen molar-refractivity contribution >= 4 is 17.9 Å². The molecule has 0 N–H and O–H groups in total. The summed E-state index contributed by atoms with van der Waals surface area (Å²) in [7, 11) is 0. The SMILES string of the molecule is CCCCCCCCCCCCCCCCCCC(=O)OC[C@@H](COC(=O)CCCCCCCCCCCCCCCCC(C)C)OC(=O)CCCCCCCCCCCCCCCCCCCCC(C)CC. The maximum atomic E-state index is 12.9. The van der Waals surface area contributed by atoms with Crippen molar-refractivity contribution in [1.29, 1.82) is 0 Å². The molecule has 0 heterocycles. The van der Waals surface area contributed by atoms with Crippen molar-refractivity contribution in [3.63, 3.8) is 0 Å². The second-order valence-electron chi connectivity index (χ2n) is 23.8. The molecule has 0 aromatic heterocycles. The number of ether oxygens (including phenoxy) is 3. The van der Waals surface area contributed by atoms with Gasteiger partial charge < -0.3 is 14.2 Å². The number of unbranched alkanes of at least 4 members (excludes halogenated alkanes) is 45. The lowest BCUT2D eigenvalue weighted by molar-refractivity contribution is -0.167. The van der Waals surface area contributed by atoms with E-state index in [0.29, 0.717) is 19.3 Å². The molecule has 2 atom stereocenters. The minimum atomic E-state index is -0.764. The van der Waals surface area contributed by atoms with Crippen LogP contribution in [0.5, 0.6) is 0 Å². The second-order valence-corrected chi connectivity index (χ2v) is 23.8. The van der Waals surface area contributed by atoms with E-state index in [2.05, 4.69) is 34.6 Å². The topological polar surface area (TPSA) is 78.9 Å². The van der Waals surface area contributed by atoms with Gasteiger partial charge in [-0.25, -0.2) is 0 Å². The molecule has 0 aliphatic carbocycles. The summed E-state index contributed by atoms with van der Waals surface area (Å²) in [5, 5.41) is 0. The molecule has 0 saturated heterocycles. The van der Waals surface area contributed by atoms with E-state index in [9.17, 15) is 14.4 Å². The molecular weight excluding hydrogens is 901 g/mol. The van der Waals surface area contributed by atoms with Gasteiger partial charge in [-0.2, -0.15) is 0 Å². The molecular formula is C67H130O6. The highest BCUT2D eigenvalue weighted by Crippen LogP contribution is 2.20. The zero-order chi connectivity index (χ0) is 53.2. The van der Waals surface area contributed by atoms with Crippen LogP contribution in [0.25, 0.3) is 0 Å². The van der Waals surface area contributed by atoms with Gasteiger partial charge in [0.05, 0.1) is 0 Å². The number of hydrogen-bond donors (Lipinski definition) is 0. The molecule has 73 heavy (non-hydrogen) atoms. The maximum absolute atomic E-state index is 12.9. The van der Waals surface area contributed by atoms with Crippen LogP contribution in [0.3, 0.4) is 0 Å². The Morgan fingerprint density at radius 2 is 0.521 bits per heavy atom. The molecule has 0 amide bonds. The number of hydrogen-bond acceptors (Lipinski definition) is 6. The van der Waals surface area contributed by atoms with Crippen molar-refractivity contribution in [2.45, 2.75) is 387 Å². The van der Waals surface area contributed by atoms with Gasteiger partial charge in [0.2, 0.25) is 0 Å².